The molecule has 1 atom stereocenters. The van der Waals surface area contributed by atoms with Gasteiger partial charge in [-0.15, -0.1) is 0 Å². The van der Waals surface area contributed by atoms with E-state index >= 15 is 0 Å². The Balaban J connectivity index is 1.90. The van der Waals surface area contributed by atoms with Crippen LogP contribution in [0, 0.1) is 5.41 Å². The van der Waals surface area contributed by atoms with Crippen molar-refractivity contribution in [2.45, 2.75) is 31.8 Å². The minimum absolute atomic E-state index is 0.115. The van der Waals surface area contributed by atoms with Crippen LogP contribution in [0.15, 0.2) is 35.3 Å². The Kier molecular flexibility index (Phi) is 2.55. The molecule has 2 aliphatic rings. The van der Waals surface area contributed by atoms with Crippen LogP contribution in [-0.2, 0) is 13.0 Å². The van der Waals surface area contributed by atoms with Crippen LogP contribution in [0.25, 0.3) is 6.08 Å². The van der Waals surface area contributed by atoms with Crippen LogP contribution in [0.4, 0.5) is 0 Å². The van der Waals surface area contributed by atoms with E-state index in [2.05, 4.69) is 27.8 Å². The average molecular weight is 264 g/mol. The summed E-state index contributed by atoms with van der Waals surface area (Å²) in [6.07, 6.45) is 5.46. The Morgan fingerprint density at radius 3 is 2.90 bits per heavy atom. The third-order valence-electron chi connectivity index (χ3n) is 4.07. The minimum Gasteiger partial charge on any atom is -0.320 e. The van der Waals surface area contributed by atoms with E-state index < -0.39 is 0 Å². The quantitative estimate of drug-likeness (QED) is 0.816. The molecule has 1 unspecified atom stereocenters. The number of nitrogens with one attached hydrogen (secondary N) is 1. The molecule has 0 saturated carbocycles. The summed E-state index contributed by atoms with van der Waals surface area (Å²) in [6.45, 7) is 0.826. The van der Waals surface area contributed by atoms with Crippen LogP contribution >= 0.6 is 0 Å². The first kappa shape index (κ1) is 11.6. The smallest absolute Gasteiger partial charge is 0.188 e. The fourth-order valence-corrected chi connectivity index (χ4v) is 3.09. The highest BCUT2D eigenvalue weighted by Crippen LogP contribution is 2.20. The molecule has 0 amide bonds. The van der Waals surface area contributed by atoms with E-state index in [0.29, 0.717) is 5.49 Å². The highest BCUT2D eigenvalue weighted by atomic mass is 15.1. The van der Waals surface area contributed by atoms with Gasteiger partial charge in [0.2, 0.25) is 0 Å². The van der Waals surface area contributed by atoms with Gasteiger partial charge in [-0.05, 0) is 24.8 Å². The van der Waals surface area contributed by atoms with E-state index in [0.717, 1.165) is 37.0 Å². The van der Waals surface area contributed by atoms with Gasteiger partial charge in [-0.2, -0.15) is 0 Å². The van der Waals surface area contributed by atoms with E-state index in [4.69, 9.17) is 10.4 Å². The molecule has 0 fully saturated rings. The van der Waals surface area contributed by atoms with Gasteiger partial charge in [-0.3, -0.25) is 10.4 Å². The second-order valence-corrected chi connectivity index (χ2v) is 5.38. The predicted octanol–water partition coefficient (Wildman–Crippen LogP) is 0.854. The van der Waals surface area contributed by atoms with E-state index in [1.165, 1.54) is 10.9 Å². The van der Waals surface area contributed by atoms with Crippen molar-refractivity contribution in [1.82, 2.24) is 9.55 Å². The summed E-state index contributed by atoms with van der Waals surface area (Å²) < 4.78 is 2.18. The largest absolute Gasteiger partial charge is 0.320 e. The lowest BCUT2D eigenvalue weighted by atomic mass is 10.1. The molecule has 4 rings (SSSR count). The summed E-state index contributed by atoms with van der Waals surface area (Å²) >= 11 is 0. The molecule has 0 radical (unpaired) electrons. The third-order valence-corrected chi connectivity index (χ3v) is 4.07. The maximum Gasteiger partial charge on any atom is 0.188 e. The Bertz CT molecular complexity index is 833. The lowest BCUT2D eigenvalue weighted by molar-refractivity contribution is 0.599. The first-order valence-electron chi connectivity index (χ1n) is 7.10. The maximum absolute atomic E-state index is 8.10. The van der Waals surface area contributed by atoms with Crippen molar-refractivity contribution in [3.05, 3.63) is 57.9 Å². The van der Waals surface area contributed by atoms with Gasteiger partial charge >= 0.3 is 0 Å². The molecular formula is C16H16N4. The van der Waals surface area contributed by atoms with Gasteiger partial charge in [0.15, 0.2) is 11.0 Å². The molecular weight excluding hydrogens is 248 g/mol. The van der Waals surface area contributed by atoms with Crippen LogP contribution in [0.2, 0.25) is 0 Å². The van der Waals surface area contributed by atoms with Crippen molar-refractivity contribution in [1.29, 1.82) is 5.41 Å². The topological polar surface area (TPSA) is 54.0 Å². The van der Waals surface area contributed by atoms with Crippen molar-refractivity contribution in [3.8, 4) is 0 Å². The molecule has 1 N–H and O–H groups in total. The first-order valence-corrected chi connectivity index (χ1v) is 7.10. The van der Waals surface area contributed by atoms with Crippen LogP contribution in [0.1, 0.15) is 30.1 Å². The maximum atomic E-state index is 8.10. The van der Waals surface area contributed by atoms with Crippen molar-refractivity contribution < 1.29 is 0 Å². The summed E-state index contributed by atoms with van der Waals surface area (Å²) in [4.78, 5) is 9.16. The SMILES string of the molecule is N=c1nc2c(n3c1=NC(c1ccccc1)C3)=CCCC2. The third kappa shape index (κ3) is 1.72. The first-order chi connectivity index (χ1) is 9.83. The zero-order chi connectivity index (χ0) is 13.5. The Morgan fingerprint density at radius 1 is 1.20 bits per heavy atom. The standard InChI is InChI=1S/C16H16N4/c17-15-16-19-13(11-6-2-1-3-7-11)10-20(16)14-9-5-4-8-12(14)18-15/h1-3,6-7,9,13,17H,4-5,8,10H2. The summed E-state index contributed by atoms with van der Waals surface area (Å²) in [7, 11) is 0. The Hall–Kier alpha value is -2.23. The number of aryl methyl sites for hydroxylation is 1. The Morgan fingerprint density at radius 2 is 2.05 bits per heavy atom. The molecule has 100 valence electrons. The number of rotatable bonds is 1. The molecule has 4 heteroatoms. The fourth-order valence-electron chi connectivity index (χ4n) is 3.09. The predicted molar refractivity (Wildman–Crippen MR) is 75.4 cm³/mol. The van der Waals surface area contributed by atoms with E-state index in [9.17, 15) is 0 Å². The molecule has 4 nitrogen and oxygen atoms in total. The molecule has 1 aromatic heterocycles. The monoisotopic (exact) mass is 264 g/mol. The minimum atomic E-state index is 0.115. The molecule has 20 heavy (non-hydrogen) atoms. The van der Waals surface area contributed by atoms with Gasteiger partial charge in [0.1, 0.15) is 0 Å². The van der Waals surface area contributed by atoms with Gasteiger partial charge in [0, 0.05) is 0 Å². The van der Waals surface area contributed by atoms with E-state index in [-0.39, 0.29) is 6.04 Å². The van der Waals surface area contributed by atoms with Crippen molar-refractivity contribution in [2.75, 3.05) is 0 Å². The molecule has 1 aromatic carbocycles. The summed E-state index contributed by atoms with van der Waals surface area (Å²) in [6, 6.07) is 10.4. The van der Waals surface area contributed by atoms with Gasteiger partial charge in [0.05, 0.1) is 23.6 Å². The number of fused-ring (bicyclic) bond motifs is 3. The average Bonchev–Trinajstić information content (AvgIpc) is 2.94. The van der Waals surface area contributed by atoms with Gasteiger partial charge < -0.3 is 4.57 Å². The highest BCUT2D eigenvalue weighted by molar-refractivity contribution is 5.27. The molecule has 0 saturated heterocycles. The van der Waals surface area contributed by atoms with E-state index in [1.54, 1.807) is 0 Å². The number of hydrogen-bond acceptors (Lipinski definition) is 3. The van der Waals surface area contributed by atoms with Crippen LogP contribution in [0.5, 0.6) is 0 Å². The molecule has 0 bridgehead atoms. The number of benzene rings is 1. The lowest BCUT2D eigenvalue weighted by Gasteiger charge is -2.12. The molecule has 1 aliphatic heterocycles. The van der Waals surface area contributed by atoms with Gasteiger partial charge in [-0.1, -0.05) is 36.4 Å². The van der Waals surface area contributed by atoms with E-state index in [1.807, 2.05) is 18.2 Å². The zero-order valence-electron chi connectivity index (χ0n) is 11.2. The van der Waals surface area contributed by atoms with Gasteiger partial charge in [-0.25, -0.2) is 4.98 Å². The van der Waals surface area contributed by atoms with Gasteiger partial charge in [0.25, 0.3) is 0 Å². The second kappa shape index (κ2) is 4.40. The van der Waals surface area contributed by atoms with Crippen LogP contribution < -0.4 is 16.3 Å². The van der Waals surface area contributed by atoms with Crippen molar-refractivity contribution in [2.24, 2.45) is 4.99 Å². The summed E-state index contributed by atoms with van der Waals surface area (Å²) in [5.41, 5.74) is 3.32. The number of aromatic nitrogens is 2. The van der Waals surface area contributed by atoms with Crippen molar-refractivity contribution >= 4 is 6.08 Å². The summed E-state index contributed by atoms with van der Waals surface area (Å²) in [5, 5.41) is 9.29. The molecule has 1 aliphatic carbocycles. The molecule has 2 aromatic rings. The fraction of sp³-hybridized carbons (Fsp3) is 0.312. The second-order valence-electron chi connectivity index (χ2n) is 5.38. The molecule has 0 spiro atoms. The van der Waals surface area contributed by atoms with Crippen LogP contribution in [-0.4, -0.2) is 9.55 Å². The highest BCUT2D eigenvalue weighted by Gasteiger charge is 2.20. The number of nitrogens with zero attached hydrogens (tertiary/aromatic N) is 3. The van der Waals surface area contributed by atoms with Crippen LogP contribution in [0.3, 0.4) is 0 Å². The van der Waals surface area contributed by atoms with Crippen molar-refractivity contribution in [3.63, 3.8) is 0 Å². The lowest BCUT2D eigenvalue weighted by Crippen LogP contribution is -2.45. The Labute approximate surface area is 116 Å². The number of hydrogen-bond donors (Lipinski definition) is 1. The normalized spacial score (nSPS) is 19.7. The zero-order valence-corrected chi connectivity index (χ0v) is 11.2. The summed E-state index contributed by atoms with van der Waals surface area (Å²) in [5.74, 6) is 0. The molecule has 2 heterocycles.